The van der Waals surface area contributed by atoms with Gasteiger partial charge < -0.3 is 10.2 Å². The van der Waals surface area contributed by atoms with Gasteiger partial charge in [0.1, 0.15) is 0 Å². The summed E-state index contributed by atoms with van der Waals surface area (Å²) >= 11 is 1.53. The lowest BCUT2D eigenvalue weighted by atomic mass is 9.99. The molecule has 1 aromatic heterocycles. The van der Waals surface area contributed by atoms with Crippen LogP contribution >= 0.6 is 11.3 Å². The van der Waals surface area contributed by atoms with Gasteiger partial charge in [-0.3, -0.25) is 9.59 Å². The minimum atomic E-state index is -0.130. The average molecular weight is 406 g/mol. The van der Waals surface area contributed by atoms with Crippen LogP contribution in [0, 0.1) is 13.8 Å². The lowest BCUT2D eigenvalue weighted by Gasteiger charge is -2.29. The van der Waals surface area contributed by atoms with Gasteiger partial charge >= 0.3 is 0 Å². The van der Waals surface area contributed by atoms with E-state index in [1.165, 1.54) is 22.5 Å². The van der Waals surface area contributed by atoms with Crippen LogP contribution in [0.4, 0.5) is 5.69 Å². The fourth-order valence-electron chi connectivity index (χ4n) is 3.59. The van der Waals surface area contributed by atoms with Gasteiger partial charge in [0.05, 0.1) is 17.1 Å². The molecule has 1 N–H and O–H groups in total. The molecule has 0 unspecified atom stereocenters. The van der Waals surface area contributed by atoms with Gasteiger partial charge in [-0.1, -0.05) is 30.3 Å². The molecule has 3 aromatic rings. The Morgan fingerprint density at radius 2 is 1.93 bits per heavy atom. The first-order chi connectivity index (χ1) is 14.0. The van der Waals surface area contributed by atoms with Crippen molar-refractivity contribution in [2.75, 3.05) is 11.9 Å². The van der Waals surface area contributed by atoms with E-state index in [0.29, 0.717) is 24.3 Å². The molecule has 0 radical (unpaired) electrons. The number of carbonyl (C=O) groups is 2. The molecular formula is C23H23N3O2S. The first-order valence-electron chi connectivity index (χ1n) is 9.67. The first-order valence-corrected chi connectivity index (χ1v) is 10.5. The van der Waals surface area contributed by atoms with Crippen LogP contribution in [0.2, 0.25) is 0 Å². The Morgan fingerprint density at radius 3 is 2.69 bits per heavy atom. The molecule has 0 spiro atoms. The molecule has 2 aromatic carbocycles. The fourth-order valence-corrected chi connectivity index (χ4v) is 4.20. The summed E-state index contributed by atoms with van der Waals surface area (Å²) in [6.45, 7) is 5.17. The smallest absolute Gasteiger partial charge is 0.254 e. The summed E-state index contributed by atoms with van der Waals surface area (Å²) in [7, 11) is 0. The Labute approximate surface area is 174 Å². The van der Waals surface area contributed by atoms with Gasteiger partial charge in [0.2, 0.25) is 5.91 Å². The van der Waals surface area contributed by atoms with Gasteiger partial charge in [-0.2, -0.15) is 0 Å². The number of rotatable bonds is 4. The second-order valence-corrected chi connectivity index (χ2v) is 8.42. The van der Waals surface area contributed by atoms with E-state index in [9.17, 15) is 9.59 Å². The van der Waals surface area contributed by atoms with E-state index in [4.69, 9.17) is 0 Å². The Kier molecular flexibility index (Phi) is 5.45. The minimum Gasteiger partial charge on any atom is -0.334 e. The highest BCUT2D eigenvalue weighted by Gasteiger charge is 2.22. The number of amides is 2. The van der Waals surface area contributed by atoms with Crippen LogP contribution in [0.1, 0.15) is 37.7 Å². The number of nitrogens with zero attached hydrogens (tertiary/aromatic N) is 2. The normalized spacial score (nSPS) is 13.1. The maximum absolute atomic E-state index is 13.1. The van der Waals surface area contributed by atoms with Crippen molar-refractivity contribution in [1.29, 1.82) is 0 Å². The largest absolute Gasteiger partial charge is 0.334 e. The van der Waals surface area contributed by atoms with Crippen LogP contribution in [0.15, 0.2) is 47.8 Å². The maximum atomic E-state index is 13.1. The van der Waals surface area contributed by atoms with Gasteiger partial charge in [-0.25, -0.2) is 4.98 Å². The number of hydrogen-bond donors (Lipinski definition) is 1. The van der Waals surface area contributed by atoms with Crippen LogP contribution in [0.5, 0.6) is 0 Å². The predicted molar refractivity (Wildman–Crippen MR) is 115 cm³/mol. The Balaban J connectivity index is 1.48. The molecule has 2 amide bonds. The molecule has 0 saturated carbocycles. The zero-order valence-electron chi connectivity index (χ0n) is 16.6. The van der Waals surface area contributed by atoms with Gasteiger partial charge in [-0.05, 0) is 49.1 Å². The van der Waals surface area contributed by atoms with Crippen LogP contribution < -0.4 is 5.32 Å². The summed E-state index contributed by atoms with van der Waals surface area (Å²) in [6.07, 6.45) is 1.09. The van der Waals surface area contributed by atoms with Crippen molar-refractivity contribution >= 4 is 28.8 Å². The molecule has 1 aliphatic heterocycles. The minimum absolute atomic E-state index is 0.00914. The molecule has 5 nitrogen and oxygen atoms in total. The van der Waals surface area contributed by atoms with Crippen molar-refractivity contribution in [2.24, 2.45) is 0 Å². The van der Waals surface area contributed by atoms with E-state index in [2.05, 4.69) is 22.4 Å². The lowest BCUT2D eigenvalue weighted by molar-refractivity contribution is -0.115. The third-order valence-electron chi connectivity index (χ3n) is 5.18. The molecule has 0 bridgehead atoms. The molecular weight excluding hydrogens is 382 g/mol. The van der Waals surface area contributed by atoms with E-state index in [1.807, 2.05) is 48.4 Å². The Bertz CT molecular complexity index is 1070. The molecule has 0 aliphatic carbocycles. The molecule has 0 saturated heterocycles. The van der Waals surface area contributed by atoms with E-state index in [0.717, 1.165) is 22.7 Å². The van der Waals surface area contributed by atoms with Gasteiger partial charge in [0, 0.05) is 29.7 Å². The van der Waals surface area contributed by atoms with Crippen LogP contribution in [-0.2, 0) is 24.2 Å². The van der Waals surface area contributed by atoms with E-state index in [-0.39, 0.29) is 18.2 Å². The van der Waals surface area contributed by atoms with Crippen LogP contribution in [-0.4, -0.2) is 28.2 Å². The monoisotopic (exact) mass is 405 g/mol. The van der Waals surface area contributed by atoms with Crippen LogP contribution in [0.3, 0.4) is 0 Å². The highest BCUT2D eigenvalue weighted by Crippen LogP contribution is 2.23. The second-order valence-electron chi connectivity index (χ2n) is 7.36. The predicted octanol–water partition coefficient (Wildman–Crippen LogP) is 4.14. The number of aromatic nitrogens is 1. The quantitative estimate of drug-likeness (QED) is 0.710. The topological polar surface area (TPSA) is 62.3 Å². The Morgan fingerprint density at radius 1 is 1.14 bits per heavy atom. The Hall–Kier alpha value is -2.99. The van der Waals surface area contributed by atoms with Crippen molar-refractivity contribution in [1.82, 2.24) is 9.88 Å². The molecule has 0 fully saturated rings. The van der Waals surface area contributed by atoms with Crippen molar-refractivity contribution in [3.05, 3.63) is 80.8 Å². The van der Waals surface area contributed by atoms with Crippen LogP contribution in [0.25, 0.3) is 0 Å². The van der Waals surface area contributed by atoms with Crippen molar-refractivity contribution < 1.29 is 9.59 Å². The zero-order chi connectivity index (χ0) is 20.4. The summed E-state index contributed by atoms with van der Waals surface area (Å²) in [5.41, 5.74) is 5.46. The van der Waals surface area contributed by atoms with E-state index in [1.54, 1.807) is 6.07 Å². The lowest BCUT2D eigenvalue weighted by Crippen LogP contribution is -2.36. The molecule has 0 atom stereocenters. The molecule has 6 heteroatoms. The number of anilines is 1. The standard InChI is InChI=1S/C23H23N3O2S/c1-15-7-8-18(11-21(15)25-22(27)12-20-14-29-16(2)24-20)23(28)26-10-9-17-5-3-4-6-19(17)13-26/h3-8,11,14H,9-10,12-13H2,1-2H3,(H,25,27). The molecule has 148 valence electrons. The summed E-state index contributed by atoms with van der Waals surface area (Å²) in [5, 5.41) is 5.78. The number of fused-ring (bicyclic) bond motifs is 1. The van der Waals surface area contributed by atoms with Crippen molar-refractivity contribution in [3.63, 3.8) is 0 Å². The maximum Gasteiger partial charge on any atom is 0.254 e. The third kappa shape index (κ3) is 4.38. The third-order valence-corrected chi connectivity index (χ3v) is 6.01. The molecule has 4 rings (SSSR count). The average Bonchev–Trinajstić information content (AvgIpc) is 3.13. The number of carbonyl (C=O) groups excluding carboxylic acids is 2. The molecule has 1 aliphatic rings. The zero-order valence-corrected chi connectivity index (χ0v) is 17.4. The van der Waals surface area contributed by atoms with E-state index >= 15 is 0 Å². The number of aryl methyl sites for hydroxylation is 2. The van der Waals surface area contributed by atoms with Crippen molar-refractivity contribution in [2.45, 2.75) is 33.2 Å². The fraction of sp³-hybridized carbons (Fsp3) is 0.261. The summed E-state index contributed by atoms with van der Waals surface area (Å²) in [6, 6.07) is 13.7. The number of benzene rings is 2. The SMILES string of the molecule is Cc1nc(CC(=O)Nc2cc(C(=O)N3CCc4ccccc4C3)ccc2C)cs1. The highest BCUT2D eigenvalue weighted by molar-refractivity contribution is 7.09. The van der Waals surface area contributed by atoms with Gasteiger partial charge in [0.15, 0.2) is 0 Å². The first kappa shape index (κ1) is 19.3. The van der Waals surface area contributed by atoms with Crippen molar-refractivity contribution in [3.8, 4) is 0 Å². The molecule has 29 heavy (non-hydrogen) atoms. The number of thiazole rings is 1. The number of hydrogen-bond acceptors (Lipinski definition) is 4. The summed E-state index contributed by atoms with van der Waals surface area (Å²) in [5.74, 6) is -0.139. The highest BCUT2D eigenvalue weighted by atomic mass is 32.1. The van der Waals surface area contributed by atoms with Gasteiger partial charge in [0.25, 0.3) is 5.91 Å². The van der Waals surface area contributed by atoms with E-state index < -0.39 is 0 Å². The summed E-state index contributed by atoms with van der Waals surface area (Å²) < 4.78 is 0. The number of nitrogens with one attached hydrogen (secondary N) is 1. The summed E-state index contributed by atoms with van der Waals surface area (Å²) in [4.78, 5) is 31.7. The molecule has 2 heterocycles. The van der Waals surface area contributed by atoms with Gasteiger partial charge in [-0.15, -0.1) is 11.3 Å². The second kappa shape index (κ2) is 8.17.